The maximum atomic E-state index is 12.1. The number of hydrazine groups is 1. The molecule has 0 radical (unpaired) electrons. The monoisotopic (exact) mass is 250 g/mol. The Morgan fingerprint density at radius 3 is 3.11 bits per heavy atom. The van der Waals surface area contributed by atoms with Crippen molar-refractivity contribution in [1.29, 1.82) is 0 Å². The van der Waals surface area contributed by atoms with E-state index in [1.165, 1.54) is 0 Å². The second-order valence-corrected chi connectivity index (χ2v) is 4.33. The molecule has 1 aromatic heterocycles. The molecule has 2 rings (SSSR count). The number of aromatic nitrogens is 1. The summed E-state index contributed by atoms with van der Waals surface area (Å²) >= 11 is 0. The van der Waals surface area contributed by atoms with Crippen molar-refractivity contribution in [2.24, 2.45) is 5.84 Å². The minimum atomic E-state index is -0.176. The highest BCUT2D eigenvalue weighted by molar-refractivity contribution is 5.98. The molecule has 0 aromatic carbocycles. The number of carbonyl (C=O) groups is 1. The number of nitrogens with zero attached hydrogens (tertiary/aromatic N) is 1. The Balaban J connectivity index is 2.07. The van der Waals surface area contributed by atoms with Gasteiger partial charge in [0.2, 0.25) is 0 Å². The first-order valence-corrected chi connectivity index (χ1v) is 6.01. The van der Waals surface area contributed by atoms with Crippen LogP contribution in [0.5, 0.6) is 0 Å². The maximum absolute atomic E-state index is 12.1. The summed E-state index contributed by atoms with van der Waals surface area (Å²) in [5.41, 5.74) is 2.87. The highest BCUT2D eigenvalue weighted by Crippen LogP contribution is 2.22. The summed E-state index contributed by atoms with van der Waals surface area (Å²) in [5, 5.41) is 2.97. The normalized spacial score (nSPS) is 22.8. The van der Waals surface area contributed by atoms with Gasteiger partial charge in [-0.2, -0.15) is 0 Å². The second-order valence-electron chi connectivity index (χ2n) is 4.33. The number of carbonyl (C=O) groups excluding carboxylic acids is 1. The maximum Gasteiger partial charge on any atom is 0.255 e. The number of pyridine rings is 1. The van der Waals surface area contributed by atoms with E-state index < -0.39 is 0 Å². The van der Waals surface area contributed by atoms with Gasteiger partial charge < -0.3 is 15.5 Å². The van der Waals surface area contributed by atoms with Gasteiger partial charge in [0.05, 0.1) is 17.7 Å². The van der Waals surface area contributed by atoms with Crippen molar-refractivity contribution >= 4 is 11.7 Å². The second kappa shape index (κ2) is 5.79. The molecule has 1 aliphatic carbocycles. The molecule has 4 N–H and O–H groups in total. The van der Waals surface area contributed by atoms with Crippen LogP contribution >= 0.6 is 0 Å². The van der Waals surface area contributed by atoms with Crippen LogP contribution in [0.25, 0.3) is 0 Å². The molecule has 0 saturated heterocycles. The molecule has 1 fully saturated rings. The van der Waals surface area contributed by atoms with Crippen LogP contribution in [-0.4, -0.2) is 30.1 Å². The summed E-state index contributed by atoms with van der Waals surface area (Å²) < 4.78 is 5.35. The van der Waals surface area contributed by atoms with E-state index >= 15 is 0 Å². The Bertz CT molecular complexity index is 424. The van der Waals surface area contributed by atoms with Crippen LogP contribution in [0.15, 0.2) is 18.3 Å². The zero-order valence-electron chi connectivity index (χ0n) is 10.3. The average molecular weight is 250 g/mol. The quantitative estimate of drug-likeness (QED) is 0.539. The van der Waals surface area contributed by atoms with Gasteiger partial charge in [-0.15, -0.1) is 0 Å². The van der Waals surface area contributed by atoms with Crippen LogP contribution in [-0.2, 0) is 4.74 Å². The lowest BCUT2D eigenvalue weighted by molar-refractivity contribution is 0.0722. The van der Waals surface area contributed by atoms with Gasteiger partial charge in [0.25, 0.3) is 5.91 Å². The molecule has 18 heavy (non-hydrogen) atoms. The van der Waals surface area contributed by atoms with Crippen LogP contribution in [0.3, 0.4) is 0 Å². The molecule has 98 valence electrons. The third-order valence-corrected chi connectivity index (χ3v) is 3.26. The number of anilines is 1. The Morgan fingerprint density at radius 2 is 2.39 bits per heavy atom. The number of amides is 1. The lowest BCUT2D eigenvalue weighted by atomic mass is 10.1. The number of rotatable bonds is 4. The number of nitrogens with one attached hydrogen (secondary N) is 2. The summed E-state index contributed by atoms with van der Waals surface area (Å²) in [4.78, 5) is 16.1. The van der Waals surface area contributed by atoms with E-state index in [2.05, 4.69) is 15.7 Å². The number of nitrogens with two attached hydrogens (primary N) is 1. The van der Waals surface area contributed by atoms with E-state index in [0.717, 1.165) is 19.3 Å². The highest BCUT2D eigenvalue weighted by Gasteiger charge is 2.29. The molecule has 0 aliphatic heterocycles. The van der Waals surface area contributed by atoms with Crippen LogP contribution in [0.1, 0.15) is 29.6 Å². The number of ether oxygens (including phenoxy) is 1. The number of hydrogen-bond donors (Lipinski definition) is 3. The van der Waals surface area contributed by atoms with Crippen molar-refractivity contribution in [3.63, 3.8) is 0 Å². The zero-order chi connectivity index (χ0) is 13.0. The first kappa shape index (κ1) is 12.8. The lowest BCUT2D eigenvalue weighted by Crippen LogP contribution is -2.41. The predicted molar refractivity (Wildman–Crippen MR) is 67.9 cm³/mol. The Labute approximate surface area is 106 Å². The molecule has 1 aromatic rings. The average Bonchev–Trinajstić information content (AvgIpc) is 2.85. The molecule has 0 spiro atoms. The number of nitrogen functional groups attached to an aromatic ring is 1. The van der Waals surface area contributed by atoms with Gasteiger partial charge in [-0.3, -0.25) is 4.79 Å². The molecule has 2 unspecified atom stereocenters. The van der Waals surface area contributed by atoms with E-state index in [1.54, 1.807) is 25.4 Å². The highest BCUT2D eigenvalue weighted by atomic mass is 16.5. The van der Waals surface area contributed by atoms with Gasteiger partial charge in [0, 0.05) is 13.3 Å². The Kier molecular flexibility index (Phi) is 4.11. The van der Waals surface area contributed by atoms with Crippen molar-refractivity contribution in [2.75, 3.05) is 12.5 Å². The van der Waals surface area contributed by atoms with Crippen LogP contribution in [0.2, 0.25) is 0 Å². The molecule has 1 heterocycles. The molecule has 6 nitrogen and oxygen atoms in total. The van der Waals surface area contributed by atoms with Gasteiger partial charge in [0.15, 0.2) is 5.82 Å². The van der Waals surface area contributed by atoms with Crippen molar-refractivity contribution in [1.82, 2.24) is 10.3 Å². The van der Waals surface area contributed by atoms with Crippen LogP contribution < -0.4 is 16.6 Å². The van der Waals surface area contributed by atoms with E-state index in [9.17, 15) is 4.79 Å². The molecule has 1 saturated carbocycles. The smallest absolute Gasteiger partial charge is 0.255 e. The van der Waals surface area contributed by atoms with Crippen molar-refractivity contribution in [3.05, 3.63) is 23.9 Å². The first-order valence-electron chi connectivity index (χ1n) is 6.01. The summed E-state index contributed by atoms with van der Waals surface area (Å²) in [5.74, 6) is 5.53. The number of methoxy groups -OCH3 is 1. The summed E-state index contributed by atoms with van der Waals surface area (Å²) in [6.45, 7) is 0. The third kappa shape index (κ3) is 2.60. The summed E-state index contributed by atoms with van der Waals surface area (Å²) in [6.07, 6.45) is 4.67. The largest absolute Gasteiger partial charge is 0.379 e. The van der Waals surface area contributed by atoms with Crippen LogP contribution in [0.4, 0.5) is 5.82 Å². The molecule has 1 amide bonds. The van der Waals surface area contributed by atoms with E-state index in [1.807, 2.05) is 0 Å². The Hall–Kier alpha value is -1.66. The molecular weight excluding hydrogens is 232 g/mol. The predicted octanol–water partition coefficient (Wildman–Crippen LogP) is 0.665. The molecule has 6 heteroatoms. The van der Waals surface area contributed by atoms with Crippen molar-refractivity contribution in [3.8, 4) is 0 Å². The standard InChI is InChI=1S/C12H18N4O2/c1-18-10-6-2-5-9(10)15-12(17)8-4-3-7-14-11(8)16-13/h3-4,7,9-10H,2,5-6,13H2,1H3,(H,14,16)(H,15,17). The minimum absolute atomic E-state index is 0.0633. The van der Waals surface area contributed by atoms with Crippen molar-refractivity contribution < 1.29 is 9.53 Å². The SMILES string of the molecule is COC1CCCC1NC(=O)c1cccnc1NN. The molecular formula is C12H18N4O2. The fourth-order valence-corrected chi connectivity index (χ4v) is 2.32. The summed E-state index contributed by atoms with van der Waals surface area (Å²) in [7, 11) is 1.67. The fraction of sp³-hybridized carbons (Fsp3) is 0.500. The van der Waals surface area contributed by atoms with E-state index in [4.69, 9.17) is 10.6 Å². The van der Waals surface area contributed by atoms with E-state index in [-0.39, 0.29) is 18.1 Å². The van der Waals surface area contributed by atoms with Gasteiger partial charge in [0.1, 0.15) is 0 Å². The molecule has 1 aliphatic rings. The van der Waals surface area contributed by atoms with Crippen LogP contribution in [0, 0.1) is 0 Å². The number of hydrogen-bond acceptors (Lipinski definition) is 5. The zero-order valence-corrected chi connectivity index (χ0v) is 10.3. The fourth-order valence-electron chi connectivity index (χ4n) is 2.32. The van der Waals surface area contributed by atoms with Gasteiger partial charge >= 0.3 is 0 Å². The summed E-state index contributed by atoms with van der Waals surface area (Å²) in [6, 6.07) is 3.46. The third-order valence-electron chi connectivity index (χ3n) is 3.26. The topological polar surface area (TPSA) is 89.3 Å². The molecule has 0 bridgehead atoms. The molecule has 2 atom stereocenters. The Morgan fingerprint density at radius 1 is 1.56 bits per heavy atom. The minimum Gasteiger partial charge on any atom is -0.379 e. The van der Waals surface area contributed by atoms with E-state index in [0.29, 0.717) is 11.4 Å². The van der Waals surface area contributed by atoms with Crippen molar-refractivity contribution in [2.45, 2.75) is 31.4 Å². The van der Waals surface area contributed by atoms with Gasteiger partial charge in [-0.05, 0) is 31.4 Å². The lowest BCUT2D eigenvalue weighted by Gasteiger charge is -2.20. The first-order chi connectivity index (χ1) is 8.76. The van der Waals surface area contributed by atoms with Gasteiger partial charge in [-0.1, -0.05) is 0 Å². The van der Waals surface area contributed by atoms with Gasteiger partial charge in [-0.25, -0.2) is 10.8 Å².